The lowest BCUT2D eigenvalue weighted by Crippen LogP contribution is -2.47. The number of amides is 1. The van der Waals surface area contributed by atoms with Gasteiger partial charge in [0.1, 0.15) is 0 Å². The van der Waals surface area contributed by atoms with Crippen molar-refractivity contribution in [1.82, 2.24) is 20.0 Å². The summed E-state index contributed by atoms with van der Waals surface area (Å²) in [6.07, 6.45) is 4.66. The second-order valence-electron chi connectivity index (χ2n) is 6.52. The predicted octanol–water partition coefficient (Wildman–Crippen LogP) is 2.26. The Bertz CT molecular complexity index is 695. The highest BCUT2D eigenvalue weighted by Gasteiger charge is 2.39. The van der Waals surface area contributed by atoms with Crippen LogP contribution < -0.4 is 0 Å². The van der Waals surface area contributed by atoms with E-state index in [0.717, 1.165) is 36.8 Å². The molecule has 0 spiro atoms. The van der Waals surface area contributed by atoms with Gasteiger partial charge in [0.15, 0.2) is 5.69 Å². The summed E-state index contributed by atoms with van der Waals surface area (Å²) in [5.41, 5.74) is 1.50. The van der Waals surface area contributed by atoms with E-state index in [1.165, 1.54) is 12.8 Å². The molecule has 0 bridgehead atoms. The van der Waals surface area contributed by atoms with Gasteiger partial charge in [-0.2, -0.15) is 5.10 Å². The van der Waals surface area contributed by atoms with Crippen molar-refractivity contribution in [2.45, 2.75) is 37.8 Å². The number of nitrogens with zero attached hydrogens (tertiary/aromatic N) is 3. The van der Waals surface area contributed by atoms with Crippen LogP contribution in [0.5, 0.6) is 0 Å². The monoisotopic (exact) mass is 298 g/mol. The van der Waals surface area contributed by atoms with Crippen LogP contribution in [-0.4, -0.2) is 58.1 Å². The van der Waals surface area contributed by atoms with E-state index in [0.29, 0.717) is 17.8 Å². The number of likely N-dealkylation sites (tertiary alicyclic amines) is 2. The zero-order valence-electron chi connectivity index (χ0n) is 13.0. The van der Waals surface area contributed by atoms with Gasteiger partial charge in [0.2, 0.25) is 0 Å². The van der Waals surface area contributed by atoms with Crippen LogP contribution in [0.2, 0.25) is 0 Å². The number of H-pyrrole nitrogens is 1. The van der Waals surface area contributed by atoms with Crippen LogP contribution in [-0.2, 0) is 0 Å². The Kier molecular flexibility index (Phi) is 3.37. The summed E-state index contributed by atoms with van der Waals surface area (Å²) in [5.74, 6) is 0.0836. The molecular formula is C17H22N4O. The second-order valence-corrected chi connectivity index (χ2v) is 6.52. The highest BCUT2D eigenvalue weighted by Crippen LogP contribution is 2.30. The number of benzene rings is 1. The Morgan fingerprint density at radius 1 is 1.18 bits per heavy atom. The summed E-state index contributed by atoms with van der Waals surface area (Å²) in [4.78, 5) is 17.5. The minimum atomic E-state index is 0.0836. The van der Waals surface area contributed by atoms with Gasteiger partial charge in [0.05, 0.1) is 5.52 Å². The molecule has 2 aliphatic rings. The molecule has 1 aromatic heterocycles. The molecule has 0 radical (unpaired) electrons. The van der Waals surface area contributed by atoms with Crippen LogP contribution in [0.1, 0.15) is 36.2 Å². The number of fused-ring (bicyclic) bond motifs is 1. The number of likely N-dealkylation sites (N-methyl/N-ethyl adjacent to an activating group) is 1. The molecule has 4 rings (SSSR count). The summed E-state index contributed by atoms with van der Waals surface area (Å²) in [6, 6.07) is 8.71. The third-order valence-corrected chi connectivity index (χ3v) is 5.25. The zero-order chi connectivity index (χ0) is 15.1. The molecule has 5 heteroatoms. The highest BCUT2D eigenvalue weighted by atomic mass is 16.2. The molecule has 0 unspecified atom stereocenters. The minimum Gasteiger partial charge on any atom is -0.333 e. The first-order chi connectivity index (χ1) is 10.8. The number of aromatic nitrogens is 2. The lowest BCUT2D eigenvalue weighted by Gasteiger charge is -2.32. The van der Waals surface area contributed by atoms with E-state index in [4.69, 9.17) is 0 Å². The van der Waals surface area contributed by atoms with Gasteiger partial charge >= 0.3 is 0 Å². The van der Waals surface area contributed by atoms with Crippen molar-refractivity contribution in [3.63, 3.8) is 0 Å². The number of carbonyl (C=O) groups is 1. The summed E-state index contributed by atoms with van der Waals surface area (Å²) in [7, 11) is 2.18. The molecule has 116 valence electrons. The standard InChI is InChI=1S/C17H22N4O/c1-20-10-4-8-14(20)15-9-5-11-21(15)17(22)16-12-6-2-3-7-13(12)18-19-16/h2-3,6-7,14-15H,4-5,8-11H2,1H3,(H,18,19)/t14-,15-/m0/s1. The van der Waals surface area contributed by atoms with Crippen LogP contribution in [0.15, 0.2) is 24.3 Å². The van der Waals surface area contributed by atoms with Crippen molar-refractivity contribution in [3.05, 3.63) is 30.0 Å². The molecule has 5 nitrogen and oxygen atoms in total. The van der Waals surface area contributed by atoms with E-state index in [2.05, 4.69) is 27.0 Å². The molecule has 1 aromatic carbocycles. The molecule has 1 N–H and O–H groups in total. The zero-order valence-corrected chi connectivity index (χ0v) is 13.0. The number of nitrogens with one attached hydrogen (secondary N) is 1. The van der Waals surface area contributed by atoms with Gasteiger partial charge in [0.25, 0.3) is 5.91 Å². The fraction of sp³-hybridized carbons (Fsp3) is 0.529. The molecule has 2 saturated heterocycles. The van der Waals surface area contributed by atoms with E-state index in [-0.39, 0.29) is 5.91 Å². The van der Waals surface area contributed by atoms with Crippen molar-refractivity contribution in [1.29, 1.82) is 0 Å². The normalized spacial score (nSPS) is 26.1. The predicted molar refractivity (Wildman–Crippen MR) is 85.8 cm³/mol. The average molecular weight is 298 g/mol. The van der Waals surface area contributed by atoms with Crippen LogP contribution in [0.4, 0.5) is 0 Å². The minimum absolute atomic E-state index is 0.0836. The first-order valence-electron chi connectivity index (χ1n) is 8.20. The maximum Gasteiger partial charge on any atom is 0.275 e. The Morgan fingerprint density at radius 2 is 1.95 bits per heavy atom. The number of hydrogen-bond donors (Lipinski definition) is 1. The molecule has 1 amide bonds. The van der Waals surface area contributed by atoms with Gasteiger partial charge in [-0.25, -0.2) is 0 Å². The van der Waals surface area contributed by atoms with Gasteiger partial charge < -0.3 is 9.80 Å². The molecule has 2 aliphatic heterocycles. The number of rotatable bonds is 2. The third-order valence-electron chi connectivity index (χ3n) is 5.25. The van der Waals surface area contributed by atoms with E-state index in [9.17, 15) is 4.79 Å². The first kappa shape index (κ1) is 13.8. The molecule has 0 saturated carbocycles. The molecule has 2 fully saturated rings. The second kappa shape index (κ2) is 5.39. The molecule has 3 heterocycles. The Balaban J connectivity index is 1.64. The maximum absolute atomic E-state index is 13.0. The van der Waals surface area contributed by atoms with E-state index < -0.39 is 0 Å². The van der Waals surface area contributed by atoms with Gasteiger partial charge in [-0.1, -0.05) is 18.2 Å². The highest BCUT2D eigenvalue weighted by molar-refractivity contribution is 6.04. The van der Waals surface area contributed by atoms with Crippen molar-refractivity contribution in [2.75, 3.05) is 20.1 Å². The fourth-order valence-corrected chi connectivity index (χ4v) is 4.13. The van der Waals surface area contributed by atoms with Crippen LogP contribution in [0.25, 0.3) is 10.9 Å². The van der Waals surface area contributed by atoms with Gasteiger partial charge in [-0.05, 0) is 45.3 Å². The van der Waals surface area contributed by atoms with Crippen molar-refractivity contribution in [3.8, 4) is 0 Å². The number of carbonyl (C=O) groups excluding carboxylic acids is 1. The summed E-state index contributed by atoms with van der Waals surface area (Å²) >= 11 is 0. The van der Waals surface area contributed by atoms with Gasteiger partial charge in [-0.15, -0.1) is 0 Å². The van der Waals surface area contributed by atoms with Crippen molar-refractivity contribution in [2.24, 2.45) is 0 Å². The van der Waals surface area contributed by atoms with Gasteiger partial charge in [0, 0.05) is 24.0 Å². The Labute approximate surface area is 130 Å². The lowest BCUT2D eigenvalue weighted by atomic mass is 10.0. The summed E-state index contributed by atoms with van der Waals surface area (Å²) in [6.45, 7) is 2.00. The number of hydrogen-bond acceptors (Lipinski definition) is 3. The molecule has 0 aliphatic carbocycles. The quantitative estimate of drug-likeness (QED) is 0.925. The molecule has 2 atom stereocenters. The third kappa shape index (κ3) is 2.11. The number of aromatic amines is 1. The molecule has 22 heavy (non-hydrogen) atoms. The summed E-state index contributed by atoms with van der Waals surface area (Å²) < 4.78 is 0. The van der Waals surface area contributed by atoms with E-state index in [1.807, 2.05) is 24.3 Å². The SMILES string of the molecule is CN1CCC[C@H]1[C@@H]1CCCN1C(=O)c1n[nH]c2ccccc12. The lowest BCUT2D eigenvalue weighted by molar-refractivity contribution is 0.0660. The fourth-order valence-electron chi connectivity index (χ4n) is 4.13. The van der Waals surface area contributed by atoms with Gasteiger partial charge in [-0.3, -0.25) is 9.89 Å². The van der Waals surface area contributed by atoms with Crippen LogP contribution in [0, 0.1) is 0 Å². The topological polar surface area (TPSA) is 52.2 Å². The molecule has 2 aromatic rings. The van der Waals surface area contributed by atoms with Crippen molar-refractivity contribution < 1.29 is 4.79 Å². The Hall–Kier alpha value is -1.88. The average Bonchev–Trinajstić information content (AvgIpc) is 3.24. The maximum atomic E-state index is 13.0. The smallest absolute Gasteiger partial charge is 0.275 e. The van der Waals surface area contributed by atoms with E-state index >= 15 is 0 Å². The molecular weight excluding hydrogens is 276 g/mol. The van der Waals surface area contributed by atoms with Crippen LogP contribution in [0.3, 0.4) is 0 Å². The first-order valence-corrected chi connectivity index (χ1v) is 8.20. The van der Waals surface area contributed by atoms with Crippen molar-refractivity contribution >= 4 is 16.8 Å². The Morgan fingerprint density at radius 3 is 2.77 bits per heavy atom. The van der Waals surface area contributed by atoms with Crippen LogP contribution >= 0.6 is 0 Å². The van der Waals surface area contributed by atoms with E-state index in [1.54, 1.807) is 0 Å². The number of para-hydroxylation sites is 1. The summed E-state index contributed by atoms with van der Waals surface area (Å²) in [5, 5.41) is 8.20. The largest absolute Gasteiger partial charge is 0.333 e.